The first-order valence-corrected chi connectivity index (χ1v) is 8.76. The Bertz CT molecular complexity index is 1200. The second-order valence-electron chi connectivity index (χ2n) is 6.64. The Kier molecular flexibility index (Phi) is 4.26. The van der Waals surface area contributed by atoms with Gasteiger partial charge in [-0.3, -0.25) is 19.4 Å². The molecule has 9 heteroatoms. The van der Waals surface area contributed by atoms with Crippen LogP contribution in [0.4, 0.5) is 0 Å². The Balaban J connectivity index is 1.60. The number of nitrogens with one attached hydrogen (secondary N) is 2. The van der Waals surface area contributed by atoms with Crippen LogP contribution in [0, 0.1) is 6.92 Å². The number of amides is 1. The zero-order chi connectivity index (χ0) is 19.8. The van der Waals surface area contributed by atoms with E-state index in [0.717, 1.165) is 11.3 Å². The van der Waals surface area contributed by atoms with Crippen molar-refractivity contribution in [2.75, 3.05) is 0 Å². The lowest BCUT2D eigenvalue weighted by molar-refractivity contribution is 0.0941. The fraction of sp³-hybridized carbons (Fsp3) is 0.211. The number of carbonyl (C=O) groups excluding carboxylic acids is 1. The average Bonchev–Trinajstić information content (AvgIpc) is 3.30. The summed E-state index contributed by atoms with van der Waals surface area (Å²) in [7, 11) is 1.69. The molecular weight excluding hydrogens is 358 g/mol. The minimum Gasteiger partial charge on any atom is -0.345 e. The third kappa shape index (κ3) is 3.07. The van der Waals surface area contributed by atoms with Crippen LogP contribution >= 0.6 is 0 Å². The van der Waals surface area contributed by atoms with Crippen molar-refractivity contribution in [1.82, 2.24) is 34.8 Å². The van der Waals surface area contributed by atoms with Crippen LogP contribution in [0.1, 0.15) is 34.6 Å². The summed E-state index contributed by atoms with van der Waals surface area (Å²) in [4.78, 5) is 33.4. The van der Waals surface area contributed by atoms with E-state index in [1.807, 2.05) is 31.2 Å². The third-order valence-electron chi connectivity index (χ3n) is 4.61. The molecule has 0 aliphatic heterocycles. The Morgan fingerprint density at radius 2 is 2.00 bits per heavy atom. The summed E-state index contributed by atoms with van der Waals surface area (Å²) in [5, 5.41) is 9.99. The molecule has 28 heavy (non-hydrogen) atoms. The summed E-state index contributed by atoms with van der Waals surface area (Å²) in [6.45, 7) is 3.68. The molecule has 142 valence electrons. The molecule has 1 aromatic carbocycles. The van der Waals surface area contributed by atoms with Gasteiger partial charge < -0.3 is 5.32 Å². The molecule has 2 N–H and O–H groups in total. The SMILES string of the molecule is Cc1cc(C(=O)NC(C)c2ccc(-n3cncn3)cc2)c2c(=O)[nH]n(C)c2n1. The summed E-state index contributed by atoms with van der Waals surface area (Å²) < 4.78 is 3.18. The van der Waals surface area contributed by atoms with E-state index in [1.165, 1.54) is 11.0 Å². The standard InChI is InChI=1S/C19H19N7O2/c1-11-8-15(16-17(22-11)25(3)24-19(16)28)18(27)23-12(2)13-4-6-14(7-5-13)26-10-20-9-21-26/h4-10,12H,1-3H3,(H,23,27)(H,24,28). The first kappa shape index (κ1) is 17.7. The van der Waals surface area contributed by atoms with E-state index in [-0.39, 0.29) is 17.5 Å². The Hall–Kier alpha value is -3.75. The Morgan fingerprint density at radius 3 is 2.68 bits per heavy atom. The topological polar surface area (TPSA) is 110 Å². The van der Waals surface area contributed by atoms with Crippen molar-refractivity contribution in [3.8, 4) is 5.69 Å². The molecule has 4 rings (SSSR count). The molecule has 0 saturated heterocycles. The van der Waals surface area contributed by atoms with E-state index in [2.05, 4.69) is 25.5 Å². The van der Waals surface area contributed by atoms with Gasteiger partial charge in [0.15, 0.2) is 5.65 Å². The third-order valence-corrected chi connectivity index (χ3v) is 4.61. The van der Waals surface area contributed by atoms with Crippen LogP contribution in [0.2, 0.25) is 0 Å². The summed E-state index contributed by atoms with van der Waals surface area (Å²) >= 11 is 0. The molecule has 0 saturated carbocycles. The average molecular weight is 377 g/mol. The number of rotatable bonds is 4. The molecule has 0 spiro atoms. The van der Waals surface area contributed by atoms with Crippen LogP contribution in [0.5, 0.6) is 0 Å². The Morgan fingerprint density at radius 1 is 1.25 bits per heavy atom. The highest BCUT2D eigenvalue weighted by molar-refractivity contribution is 6.05. The van der Waals surface area contributed by atoms with E-state index >= 15 is 0 Å². The quantitative estimate of drug-likeness (QED) is 0.562. The van der Waals surface area contributed by atoms with Crippen molar-refractivity contribution in [2.24, 2.45) is 7.05 Å². The van der Waals surface area contributed by atoms with E-state index < -0.39 is 0 Å². The first-order valence-electron chi connectivity index (χ1n) is 8.76. The molecular formula is C19H19N7O2. The van der Waals surface area contributed by atoms with Crippen molar-refractivity contribution >= 4 is 16.9 Å². The lowest BCUT2D eigenvalue weighted by Gasteiger charge is -2.15. The Labute approximate surface area is 160 Å². The summed E-state index contributed by atoms with van der Waals surface area (Å²) in [5.74, 6) is -0.319. The number of carbonyl (C=O) groups is 1. The molecule has 3 aromatic heterocycles. The number of nitrogens with zero attached hydrogens (tertiary/aromatic N) is 5. The number of aromatic nitrogens is 6. The number of aromatic amines is 1. The van der Waals surface area contributed by atoms with Crippen LogP contribution in [0.15, 0.2) is 47.8 Å². The predicted octanol–water partition coefficient (Wildman–Crippen LogP) is 1.64. The highest BCUT2D eigenvalue weighted by Gasteiger charge is 2.19. The molecule has 1 unspecified atom stereocenters. The molecule has 4 aromatic rings. The predicted molar refractivity (Wildman–Crippen MR) is 103 cm³/mol. The molecule has 0 aliphatic carbocycles. The smallest absolute Gasteiger partial charge is 0.274 e. The first-order chi connectivity index (χ1) is 13.4. The second-order valence-corrected chi connectivity index (χ2v) is 6.64. The van der Waals surface area contributed by atoms with E-state index in [4.69, 9.17) is 0 Å². The van der Waals surface area contributed by atoms with Gasteiger partial charge in [0.2, 0.25) is 0 Å². The number of fused-ring (bicyclic) bond motifs is 1. The molecule has 0 radical (unpaired) electrons. The molecule has 0 fully saturated rings. The van der Waals surface area contributed by atoms with Gasteiger partial charge in [-0.1, -0.05) is 12.1 Å². The lowest BCUT2D eigenvalue weighted by Crippen LogP contribution is -2.27. The van der Waals surface area contributed by atoms with Gasteiger partial charge in [0, 0.05) is 12.7 Å². The maximum Gasteiger partial charge on any atom is 0.274 e. The summed E-state index contributed by atoms with van der Waals surface area (Å²) in [5.41, 5.74) is 2.91. The molecule has 3 heterocycles. The van der Waals surface area contributed by atoms with Gasteiger partial charge in [-0.15, -0.1) is 0 Å². The van der Waals surface area contributed by atoms with E-state index in [0.29, 0.717) is 22.3 Å². The summed E-state index contributed by atoms with van der Waals surface area (Å²) in [6, 6.07) is 9.04. The van der Waals surface area contributed by atoms with Crippen LogP contribution in [0.3, 0.4) is 0 Å². The van der Waals surface area contributed by atoms with Crippen LogP contribution in [-0.2, 0) is 7.05 Å². The molecule has 0 bridgehead atoms. The normalized spacial score (nSPS) is 12.2. The minimum atomic E-state index is -0.333. The number of benzene rings is 1. The second kappa shape index (κ2) is 6.76. The van der Waals surface area contributed by atoms with Crippen molar-refractivity contribution in [3.63, 3.8) is 0 Å². The summed E-state index contributed by atoms with van der Waals surface area (Å²) in [6.07, 6.45) is 3.09. The van der Waals surface area contributed by atoms with Gasteiger partial charge in [0.25, 0.3) is 11.5 Å². The number of H-pyrrole nitrogens is 1. The lowest BCUT2D eigenvalue weighted by atomic mass is 10.1. The molecule has 0 aliphatic rings. The van der Waals surface area contributed by atoms with Crippen molar-refractivity contribution < 1.29 is 4.79 Å². The fourth-order valence-corrected chi connectivity index (χ4v) is 3.18. The number of hydrogen-bond acceptors (Lipinski definition) is 5. The van der Waals surface area contributed by atoms with Gasteiger partial charge in [0.1, 0.15) is 12.7 Å². The zero-order valence-electron chi connectivity index (χ0n) is 15.7. The van der Waals surface area contributed by atoms with E-state index in [1.54, 1.807) is 31.0 Å². The highest BCUT2D eigenvalue weighted by atomic mass is 16.2. The maximum absolute atomic E-state index is 12.9. The number of pyridine rings is 1. The maximum atomic E-state index is 12.9. The molecule has 9 nitrogen and oxygen atoms in total. The zero-order valence-corrected chi connectivity index (χ0v) is 15.7. The highest BCUT2D eigenvalue weighted by Crippen LogP contribution is 2.18. The van der Waals surface area contributed by atoms with Crippen LogP contribution in [0.25, 0.3) is 16.7 Å². The van der Waals surface area contributed by atoms with Crippen molar-refractivity contribution in [1.29, 1.82) is 0 Å². The number of aryl methyl sites for hydroxylation is 2. The monoisotopic (exact) mass is 377 g/mol. The molecule has 1 amide bonds. The van der Waals surface area contributed by atoms with Crippen LogP contribution in [-0.4, -0.2) is 35.4 Å². The fourth-order valence-electron chi connectivity index (χ4n) is 3.18. The van der Waals surface area contributed by atoms with Gasteiger partial charge in [-0.2, -0.15) is 5.10 Å². The number of hydrogen-bond donors (Lipinski definition) is 2. The van der Waals surface area contributed by atoms with Gasteiger partial charge in [-0.25, -0.2) is 14.6 Å². The van der Waals surface area contributed by atoms with Gasteiger partial charge in [0.05, 0.1) is 22.7 Å². The van der Waals surface area contributed by atoms with Crippen molar-refractivity contribution in [3.05, 3.63) is 70.2 Å². The molecule has 1 atom stereocenters. The van der Waals surface area contributed by atoms with Crippen molar-refractivity contribution in [2.45, 2.75) is 19.9 Å². The van der Waals surface area contributed by atoms with Gasteiger partial charge in [-0.05, 0) is 37.6 Å². The van der Waals surface area contributed by atoms with E-state index in [9.17, 15) is 9.59 Å². The largest absolute Gasteiger partial charge is 0.345 e. The minimum absolute atomic E-state index is 0.247. The van der Waals surface area contributed by atoms with Gasteiger partial charge >= 0.3 is 0 Å². The van der Waals surface area contributed by atoms with Crippen LogP contribution < -0.4 is 10.9 Å².